The summed E-state index contributed by atoms with van der Waals surface area (Å²) in [5.74, 6) is 0.0351. The number of nitrogens with one attached hydrogen (secondary N) is 2. The Balaban J connectivity index is 1.47. The van der Waals surface area contributed by atoms with Crippen LogP contribution in [0.5, 0.6) is 0 Å². The van der Waals surface area contributed by atoms with Crippen molar-refractivity contribution < 1.29 is 14.4 Å². The maximum atomic E-state index is 12.7. The SMILES string of the molecule is O=C(NCC1([NH+]2CCOCC2)CCCCC1)c1ccc2ncsc2c1. The van der Waals surface area contributed by atoms with Crippen LogP contribution in [0.4, 0.5) is 0 Å². The molecule has 4 rings (SSSR count). The van der Waals surface area contributed by atoms with Crippen LogP contribution in [0.15, 0.2) is 23.7 Å². The summed E-state index contributed by atoms with van der Waals surface area (Å²) >= 11 is 1.58. The van der Waals surface area contributed by atoms with Crippen molar-refractivity contribution in [3.8, 4) is 0 Å². The predicted octanol–water partition coefficient (Wildman–Crippen LogP) is 1.64. The normalized spacial score (nSPS) is 21.3. The minimum Gasteiger partial charge on any atom is -0.370 e. The molecular formula is C19H26N3O2S+. The Kier molecular flexibility index (Phi) is 5.01. The van der Waals surface area contributed by atoms with Crippen molar-refractivity contribution in [3.05, 3.63) is 29.3 Å². The van der Waals surface area contributed by atoms with Gasteiger partial charge in [-0.2, -0.15) is 0 Å². The number of aromatic nitrogens is 1. The maximum Gasteiger partial charge on any atom is 0.251 e. The van der Waals surface area contributed by atoms with E-state index in [9.17, 15) is 4.79 Å². The first kappa shape index (κ1) is 16.9. The Morgan fingerprint density at radius 1 is 1.24 bits per heavy atom. The first-order valence-corrected chi connectivity index (χ1v) is 10.2. The number of hydrogen-bond donors (Lipinski definition) is 2. The lowest BCUT2D eigenvalue weighted by Gasteiger charge is -2.45. The molecule has 2 heterocycles. The van der Waals surface area contributed by atoms with E-state index < -0.39 is 0 Å². The Morgan fingerprint density at radius 2 is 2.04 bits per heavy atom. The third-order valence-electron chi connectivity index (χ3n) is 5.84. The molecular weight excluding hydrogens is 334 g/mol. The number of fused-ring (bicyclic) bond motifs is 1. The molecule has 5 nitrogen and oxygen atoms in total. The van der Waals surface area contributed by atoms with E-state index in [1.54, 1.807) is 16.2 Å². The molecule has 25 heavy (non-hydrogen) atoms. The zero-order chi connectivity index (χ0) is 17.1. The average Bonchev–Trinajstić information content (AvgIpc) is 3.15. The molecule has 1 aliphatic carbocycles. The Labute approximate surface area is 152 Å². The summed E-state index contributed by atoms with van der Waals surface area (Å²) in [6, 6.07) is 5.77. The first-order chi connectivity index (χ1) is 12.3. The summed E-state index contributed by atoms with van der Waals surface area (Å²) in [5.41, 5.74) is 3.71. The summed E-state index contributed by atoms with van der Waals surface area (Å²) in [7, 11) is 0. The van der Waals surface area contributed by atoms with Crippen LogP contribution in [0.2, 0.25) is 0 Å². The molecule has 1 saturated heterocycles. The van der Waals surface area contributed by atoms with E-state index in [0.29, 0.717) is 0 Å². The highest BCUT2D eigenvalue weighted by Crippen LogP contribution is 2.26. The van der Waals surface area contributed by atoms with Crippen molar-refractivity contribution in [1.82, 2.24) is 10.3 Å². The fourth-order valence-electron chi connectivity index (χ4n) is 4.38. The lowest BCUT2D eigenvalue weighted by atomic mass is 9.79. The van der Waals surface area contributed by atoms with Crippen LogP contribution in [-0.4, -0.2) is 49.3 Å². The molecule has 1 saturated carbocycles. The average molecular weight is 361 g/mol. The van der Waals surface area contributed by atoms with Crippen LogP contribution in [0.3, 0.4) is 0 Å². The molecule has 0 unspecified atom stereocenters. The molecule has 1 amide bonds. The summed E-state index contributed by atoms with van der Waals surface area (Å²) in [5, 5.41) is 3.25. The molecule has 1 aromatic heterocycles. The van der Waals surface area contributed by atoms with E-state index in [1.165, 1.54) is 32.1 Å². The minimum atomic E-state index is 0.0351. The fourth-order valence-corrected chi connectivity index (χ4v) is 5.10. The number of benzene rings is 1. The number of carbonyl (C=O) groups is 1. The van der Waals surface area contributed by atoms with Crippen LogP contribution < -0.4 is 10.2 Å². The van der Waals surface area contributed by atoms with Gasteiger partial charge < -0.3 is 15.0 Å². The lowest BCUT2D eigenvalue weighted by Crippen LogP contribution is -3.23. The smallest absolute Gasteiger partial charge is 0.251 e. The first-order valence-electron chi connectivity index (χ1n) is 9.31. The van der Waals surface area contributed by atoms with Crippen molar-refractivity contribution in [1.29, 1.82) is 0 Å². The molecule has 0 spiro atoms. The fraction of sp³-hybridized carbons (Fsp3) is 0.579. The van der Waals surface area contributed by atoms with Gasteiger partial charge in [0.15, 0.2) is 0 Å². The van der Waals surface area contributed by atoms with E-state index in [1.807, 2.05) is 23.7 Å². The molecule has 1 aliphatic heterocycles. The van der Waals surface area contributed by atoms with Gasteiger partial charge in [-0.25, -0.2) is 4.98 Å². The second kappa shape index (κ2) is 7.40. The molecule has 2 N–H and O–H groups in total. The molecule has 0 radical (unpaired) electrons. The highest BCUT2D eigenvalue weighted by atomic mass is 32.1. The number of morpholine rings is 1. The van der Waals surface area contributed by atoms with E-state index in [0.717, 1.165) is 48.6 Å². The van der Waals surface area contributed by atoms with Gasteiger partial charge in [-0.15, -0.1) is 11.3 Å². The van der Waals surface area contributed by atoms with Gasteiger partial charge in [0.25, 0.3) is 5.91 Å². The molecule has 134 valence electrons. The zero-order valence-corrected chi connectivity index (χ0v) is 15.4. The van der Waals surface area contributed by atoms with Crippen molar-refractivity contribution in [2.75, 3.05) is 32.8 Å². The third kappa shape index (κ3) is 3.57. The number of thiazole rings is 1. The molecule has 0 bridgehead atoms. The summed E-state index contributed by atoms with van der Waals surface area (Å²) in [6.45, 7) is 4.56. The Morgan fingerprint density at radius 3 is 2.84 bits per heavy atom. The molecule has 2 fully saturated rings. The van der Waals surface area contributed by atoms with E-state index >= 15 is 0 Å². The predicted molar refractivity (Wildman–Crippen MR) is 99.3 cm³/mol. The second-order valence-corrected chi connectivity index (χ2v) is 8.16. The molecule has 2 aromatic rings. The van der Waals surface area contributed by atoms with Crippen LogP contribution in [0, 0.1) is 0 Å². The van der Waals surface area contributed by atoms with E-state index in [-0.39, 0.29) is 11.4 Å². The van der Waals surface area contributed by atoms with Crippen LogP contribution in [-0.2, 0) is 4.74 Å². The molecule has 1 aromatic carbocycles. The number of ether oxygens (including phenoxy) is 1. The number of carbonyl (C=O) groups excluding carboxylic acids is 1. The van der Waals surface area contributed by atoms with E-state index in [2.05, 4.69) is 10.3 Å². The van der Waals surface area contributed by atoms with Gasteiger partial charge in [0, 0.05) is 18.4 Å². The lowest BCUT2D eigenvalue weighted by molar-refractivity contribution is -0.960. The second-order valence-electron chi connectivity index (χ2n) is 7.27. The van der Waals surface area contributed by atoms with E-state index in [4.69, 9.17) is 4.74 Å². The van der Waals surface area contributed by atoms with Gasteiger partial charge >= 0.3 is 0 Å². The van der Waals surface area contributed by atoms with Crippen LogP contribution >= 0.6 is 11.3 Å². The number of rotatable bonds is 4. The Hall–Kier alpha value is -1.50. The van der Waals surface area contributed by atoms with Crippen molar-refractivity contribution in [3.63, 3.8) is 0 Å². The quantitative estimate of drug-likeness (QED) is 0.872. The van der Waals surface area contributed by atoms with Gasteiger partial charge in [0.1, 0.15) is 18.6 Å². The van der Waals surface area contributed by atoms with Gasteiger partial charge in [-0.05, 0) is 31.0 Å². The third-order valence-corrected chi connectivity index (χ3v) is 6.63. The van der Waals surface area contributed by atoms with Gasteiger partial charge in [0.2, 0.25) is 0 Å². The zero-order valence-electron chi connectivity index (χ0n) is 14.6. The number of hydrogen-bond acceptors (Lipinski definition) is 4. The topological polar surface area (TPSA) is 55.7 Å². The number of quaternary nitrogens is 1. The summed E-state index contributed by atoms with van der Waals surface area (Å²) < 4.78 is 6.62. The van der Waals surface area contributed by atoms with Gasteiger partial charge in [-0.1, -0.05) is 6.42 Å². The van der Waals surface area contributed by atoms with Crippen molar-refractivity contribution >= 4 is 27.5 Å². The van der Waals surface area contributed by atoms with Gasteiger partial charge in [0.05, 0.1) is 35.5 Å². The van der Waals surface area contributed by atoms with Crippen molar-refractivity contribution in [2.24, 2.45) is 0 Å². The molecule has 0 atom stereocenters. The number of nitrogens with zero attached hydrogens (tertiary/aromatic N) is 1. The van der Waals surface area contributed by atoms with Crippen molar-refractivity contribution in [2.45, 2.75) is 37.6 Å². The van der Waals surface area contributed by atoms with Gasteiger partial charge in [-0.3, -0.25) is 4.79 Å². The maximum absolute atomic E-state index is 12.7. The van der Waals surface area contributed by atoms with Crippen LogP contribution in [0.25, 0.3) is 10.2 Å². The highest BCUT2D eigenvalue weighted by molar-refractivity contribution is 7.16. The Bertz CT molecular complexity index is 733. The largest absolute Gasteiger partial charge is 0.370 e. The summed E-state index contributed by atoms with van der Waals surface area (Å²) in [4.78, 5) is 18.6. The number of amides is 1. The minimum absolute atomic E-state index is 0.0351. The monoisotopic (exact) mass is 360 g/mol. The summed E-state index contributed by atoms with van der Waals surface area (Å²) in [6.07, 6.45) is 6.27. The molecule has 2 aliphatic rings. The highest BCUT2D eigenvalue weighted by Gasteiger charge is 2.42. The van der Waals surface area contributed by atoms with Crippen LogP contribution in [0.1, 0.15) is 42.5 Å². The standard InChI is InChI=1S/C19H25N3O2S/c23-18(15-4-5-16-17(12-15)25-14-21-16)20-13-19(6-2-1-3-7-19)22-8-10-24-11-9-22/h4-5,12,14H,1-3,6-11,13H2,(H,20,23)/p+1. The molecule has 6 heteroatoms.